The number of rotatable bonds is 3. The summed E-state index contributed by atoms with van der Waals surface area (Å²) in [5.74, 6) is 0. The first-order valence-electron chi connectivity index (χ1n) is 11.5. The lowest BCUT2D eigenvalue weighted by molar-refractivity contribution is -0.0257. The van der Waals surface area contributed by atoms with Crippen molar-refractivity contribution >= 4 is 0 Å². The molecule has 7 rings (SSSR count). The number of benzene rings is 5. The van der Waals surface area contributed by atoms with Crippen LogP contribution in [0.15, 0.2) is 133 Å². The maximum absolute atomic E-state index is 7.35. The molecule has 5 aromatic rings. The third-order valence-electron chi connectivity index (χ3n) is 7.24. The zero-order valence-corrected chi connectivity index (χ0v) is 18.1. The van der Waals surface area contributed by atoms with Gasteiger partial charge in [0.1, 0.15) is 11.2 Å². The summed E-state index contributed by atoms with van der Waals surface area (Å²) in [4.78, 5) is 0. The Bertz CT molecular complexity index is 1470. The van der Waals surface area contributed by atoms with Crippen LogP contribution in [0, 0.1) is 0 Å². The molecular formula is C32H22O. The lowest BCUT2D eigenvalue weighted by atomic mass is 9.68. The van der Waals surface area contributed by atoms with Gasteiger partial charge in [-0.1, -0.05) is 127 Å². The molecule has 33 heavy (non-hydrogen) atoms. The van der Waals surface area contributed by atoms with Crippen molar-refractivity contribution in [3.05, 3.63) is 167 Å². The van der Waals surface area contributed by atoms with E-state index in [9.17, 15) is 0 Å². The first kappa shape index (κ1) is 18.6. The molecule has 0 saturated heterocycles. The number of hydrogen-bond donors (Lipinski definition) is 0. The van der Waals surface area contributed by atoms with Gasteiger partial charge in [-0.3, -0.25) is 0 Å². The molecule has 0 N–H and O–H groups in total. The normalized spacial score (nSPS) is 22.1. The van der Waals surface area contributed by atoms with Crippen LogP contribution in [0.25, 0.3) is 11.1 Å². The van der Waals surface area contributed by atoms with Gasteiger partial charge in [0.2, 0.25) is 0 Å². The van der Waals surface area contributed by atoms with Crippen molar-refractivity contribution in [2.24, 2.45) is 0 Å². The van der Waals surface area contributed by atoms with Crippen molar-refractivity contribution in [3.8, 4) is 11.1 Å². The van der Waals surface area contributed by atoms with E-state index in [4.69, 9.17) is 4.74 Å². The fourth-order valence-corrected chi connectivity index (χ4v) is 5.88. The molecule has 0 aromatic heterocycles. The molecular weight excluding hydrogens is 400 g/mol. The van der Waals surface area contributed by atoms with Crippen LogP contribution in [0.5, 0.6) is 0 Å². The summed E-state index contributed by atoms with van der Waals surface area (Å²) in [6.45, 7) is 0. The van der Waals surface area contributed by atoms with Crippen LogP contribution in [0.4, 0.5) is 0 Å². The zero-order chi connectivity index (χ0) is 21.9. The number of hydrogen-bond acceptors (Lipinski definition) is 1. The Morgan fingerprint density at radius 1 is 0.364 bits per heavy atom. The fraction of sp³-hybridized carbons (Fsp3) is 0.0625. The van der Waals surface area contributed by atoms with Crippen molar-refractivity contribution in [1.29, 1.82) is 0 Å². The van der Waals surface area contributed by atoms with Crippen molar-refractivity contribution in [3.63, 3.8) is 0 Å². The van der Waals surface area contributed by atoms with E-state index in [0.29, 0.717) is 0 Å². The topological polar surface area (TPSA) is 9.23 Å². The Hall–Kier alpha value is -3.94. The average molecular weight is 423 g/mol. The summed E-state index contributed by atoms with van der Waals surface area (Å²) in [6, 6.07) is 47.6. The van der Waals surface area contributed by atoms with Gasteiger partial charge >= 0.3 is 0 Å². The molecule has 1 heteroatoms. The predicted molar refractivity (Wildman–Crippen MR) is 132 cm³/mol. The van der Waals surface area contributed by atoms with Gasteiger partial charge in [-0.15, -0.1) is 0 Å². The van der Waals surface area contributed by atoms with Gasteiger partial charge in [-0.2, -0.15) is 0 Å². The highest BCUT2D eigenvalue weighted by Crippen LogP contribution is 2.66. The SMILES string of the molecule is c1ccc(-c2ccc3c(c2)C2(c4ccccc4)OC3(c3ccccc3)c3ccccc32)cc1. The quantitative estimate of drug-likeness (QED) is 0.297. The summed E-state index contributed by atoms with van der Waals surface area (Å²) < 4.78 is 7.35. The minimum absolute atomic E-state index is 0.627. The van der Waals surface area contributed by atoms with Crippen molar-refractivity contribution in [1.82, 2.24) is 0 Å². The first-order valence-corrected chi connectivity index (χ1v) is 11.5. The van der Waals surface area contributed by atoms with E-state index in [1.54, 1.807) is 0 Å². The van der Waals surface area contributed by atoms with Gasteiger partial charge in [0.15, 0.2) is 0 Å². The molecule has 2 heterocycles. The summed E-state index contributed by atoms with van der Waals surface area (Å²) >= 11 is 0. The van der Waals surface area contributed by atoms with Crippen LogP contribution in [-0.2, 0) is 15.9 Å². The molecule has 0 radical (unpaired) electrons. The average Bonchev–Trinajstić information content (AvgIpc) is 3.40. The standard InChI is InChI=1S/C32H22O/c1-4-12-23(13-5-1)24-20-21-29-30(22-24)32(26-16-8-3-9-17-26)28-19-11-10-18-27(28)31(29,33-32)25-14-6-2-7-15-25/h1-22H. The van der Waals surface area contributed by atoms with Crippen LogP contribution in [0.2, 0.25) is 0 Å². The third kappa shape index (κ3) is 2.35. The third-order valence-corrected chi connectivity index (χ3v) is 7.24. The highest BCUT2D eigenvalue weighted by Gasteiger charge is 2.64. The van der Waals surface area contributed by atoms with E-state index < -0.39 is 11.2 Å². The molecule has 0 amide bonds. The van der Waals surface area contributed by atoms with E-state index in [2.05, 4.69) is 133 Å². The molecule has 2 bridgehead atoms. The van der Waals surface area contributed by atoms with Gasteiger partial charge in [-0.25, -0.2) is 0 Å². The van der Waals surface area contributed by atoms with E-state index in [0.717, 1.165) is 0 Å². The molecule has 0 fully saturated rings. The highest BCUT2D eigenvalue weighted by molar-refractivity contribution is 5.74. The Balaban J connectivity index is 1.60. The van der Waals surface area contributed by atoms with Crippen LogP contribution in [-0.4, -0.2) is 0 Å². The lowest BCUT2D eigenvalue weighted by Crippen LogP contribution is -2.27. The summed E-state index contributed by atoms with van der Waals surface area (Å²) in [7, 11) is 0. The Kier molecular flexibility index (Phi) is 3.82. The molecule has 0 spiro atoms. The van der Waals surface area contributed by atoms with Crippen LogP contribution >= 0.6 is 0 Å². The van der Waals surface area contributed by atoms with Gasteiger partial charge in [-0.05, 0) is 45.0 Å². The van der Waals surface area contributed by atoms with E-state index >= 15 is 0 Å². The maximum atomic E-state index is 7.35. The minimum atomic E-state index is -0.645. The largest absolute Gasteiger partial charge is 0.340 e. The van der Waals surface area contributed by atoms with Gasteiger partial charge < -0.3 is 4.74 Å². The van der Waals surface area contributed by atoms with Crippen LogP contribution in [0.3, 0.4) is 0 Å². The molecule has 2 aliphatic rings. The van der Waals surface area contributed by atoms with Crippen molar-refractivity contribution in [2.45, 2.75) is 11.2 Å². The second-order valence-corrected chi connectivity index (χ2v) is 8.87. The van der Waals surface area contributed by atoms with Crippen molar-refractivity contribution in [2.75, 3.05) is 0 Å². The maximum Gasteiger partial charge on any atom is 0.146 e. The Morgan fingerprint density at radius 3 is 1.39 bits per heavy atom. The second kappa shape index (κ2) is 6.78. The first-order chi connectivity index (χ1) is 16.3. The van der Waals surface area contributed by atoms with E-state index in [-0.39, 0.29) is 0 Å². The van der Waals surface area contributed by atoms with Crippen LogP contribution in [0.1, 0.15) is 33.4 Å². The molecule has 2 atom stereocenters. The number of ether oxygens (including phenoxy) is 1. The van der Waals surface area contributed by atoms with Gasteiger partial charge in [0.05, 0.1) is 0 Å². The molecule has 5 aromatic carbocycles. The molecule has 1 nitrogen and oxygen atoms in total. The van der Waals surface area contributed by atoms with Gasteiger partial charge in [0, 0.05) is 5.56 Å². The van der Waals surface area contributed by atoms with Crippen LogP contribution < -0.4 is 0 Å². The molecule has 156 valence electrons. The summed E-state index contributed by atoms with van der Waals surface area (Å²) in [5.41, 5.74) is 8.42. The van der Waals surface area contributed by atoms with E-state index in [1.165, 1.54) is 44.5 Å². The zero-order valence-electron chi connectivity index (χ0n) is 18.1. The molecule has 0 saturated carbocycles. The lowest BCUT2D eigenvalue weighted by Gasteiger charge is -2.30. The predicted octanol–water partition coefficient (Wildman–Crippen LogP) is 7.28. The van der Waals surface area contributed by atoms with Crippen molar-refractivity contribution < 1.29 is 4.74 Å². The summed E-state index contributed by atoms with van der Waals surface area (Å²) in [5, 5.41) is 0. The van der Waals surface area contributed by atoms with E-state index in [1.807, 2.05) is 0 Å². The Morgan fingerprint density at radius 2 is 0.818 bits per heavy atom. The highest BCUT2D eigenvalue weighted by atomic mass is 16.5. The second-order valence-electron chi connectivity index (χ2n) is 8.87. The molecule has 2 aliphatic heterocycles. The molecule has 2 unspecified atom stereocenters. The monoisotopic (exact) mass is 422 g/mol. The summed E-state index contributed by atoms with van der Waals surface area (Å²) in [6.07, 6.45) is 0. The minimum Gasteiger partial charge on any atom is -0.340 e. The molecule has 0 aliphatic carbocycles. The van der Waals surface area contributed by atoms with Gasteiger partial charge in [0.25, 0.3) is 0 Å². The Labute approximate surface area is 193 Å². The smallest absolute Gasteiger partial charge is 0.146 e. The fourth-order valence-electron chi connectivity index (χ4n) is 5.88. The number of fused-ring (bicyclic) bond motifs is 8.